The Morgan fingerprint density at radius 2 is 2.14 bits per heavy atom. The van der Waals surface area contributed by atoms with Crippen molar-refractivity contribution in [2.24, 2.45) is 0 Å². The molecule has 0 saturated carbocycles. The molecule has 1 saturated heterocycles. The minimum atomic E-state index is 0.510. The summed E-state index contributed by atoms with van der Waals surface area (Å²) in [6.07, 6.45) is 3.85. The molecule has 14 heavy (non-hydrogen) atoms. The van der Waals surface area contributed by atoms with Crippen LogP contribution in [-0.4, -0.2) is 6.54 Å². The molecule has 1 heterocycles. The van der Waals surface area contributed by atoms with Crippen molar-refractivity contribution >= 4 is 34.2 Å². The van der Waals surface area contributed by atoms with Crippen LogP contribution in [0, 0.1) is 3.57 Å². The smallest absolute Gasteiger partial charge is 0.0419 e. The van der Waals surface area contributed by atoms with E-state index in [2.05, 4.69) is 40.0 Å². The molecule has 1 aromatic carbocycles. The fourth-order valence-electron chi connectivity index (χ4n) is 1.91. The average Bonchev–Trinajstić information content (AvgIpc) is 2.18. The summed E-state index contributed by atoms with van der Waals surface area (Å²) < 4.78 is 1.22. The van der Waals surface area contributed by atoms with Gasteiger partial charge in [0.1, 0.15) is 0 Å². The summed E-state index contributed by atoms with van der Waals surface area (Å²) in [4.78, 5) is 0. The van der Waals surface area contributed by atoms with Crippen molar-refractivity contribution in [2.45, 2.75) is 25.3 Å². The van der Waals surface area contributed by atoms with Crippen LogP contribution in [-0.2, 0) is 0 Å². The van der Waals surface area contributed by atoms with Gasteiger partial charge in [0.05, 0.1) is 0 Å². The van der Waals surface area contributed by atoms with Crippen molar-refractivity contribution < 1.29 is 0 Å². The quantitative estimate of drug-likeness (QED) is 0.777. The fourth-order valence-corrected chi connectivity index (χ4v) is 3.04. The van der Waals surface area contributed by atoms with Crippen molar-refractivity contribution in [1.82, 2.24) is 5.32 Å². The largest absolute Gasteiger partial charge is 0.310 e. The second-order valence-corrected chi connectivity index (χ2v) is 5.39. The van der Waals surface area contributed by atoms with Crippen LogP contribution in [0.2, 0.25) is 5.02 Å². The normalized spacial score (nSPS) is 22.3. The Balaban J connectivity index is 2.21. The molecule has 1 aliphatic heterocycles. The molecule has 1 aliphatic rings. The predicted octanol–water partition coefficient (Wildman–Crippen LogP) is 3.76. The SMILES string of the molecule is Clc1cc(I)cc([C@@H]2CCCCN2)c1. The maximum atomic E-state index is 6.04. The number of piperidine rings is 1. The van der Waals surface area contributed by atoms with E-state index in [0.29, 0.717) is 6.04 Å². The average molecular weight is 322 g/mol. The summed E-state index contributed by atoms with van der Waals surface area (Å²) in [5.41, 5.74) is 1.33. The van der Waals surface area contributed by atoms with E-state index in [-0.39, 0.29) is 0 Å². The summed E-state index contributed by atoms with van der Waals surface area (Å²) in [5.74, 6) is 0. The number of benzene rings is 1. The third-order valence-corrected chi connectivity index (χ3v) is 3.44. The first kappa shape index (κ1) is 10.7. The van der Waals surface area contributed by atoms with Crippen molar-refractivity contribution in [1.29, 1.82) is 0 Å². The first-order valence-corrected chi connectivity index (χ1v) is 6.41. The van der Waals surface area contributed by atoms with Crippen molar-refractivity contribution in [3.05, 3.63) is 32.4 Å². The molecule has 0 aromatic heterocycles. The Labute approximate surface area is 103 Å². The molecule has 0 aliphatic carbocycles. The molecule has 1 aromatic rings. The molecular formula is C11H13ClIN. The standard InChI is InChI=1S/C11H13ClIN/c12-9-5-8(6-10(13)7-9)11-3-1-2-4-14-11/h5-7,11,14H,1-4H2/t11-/m0/s1. The summed E-state index contributed by atoms with van der Waals surface area (Å²) in [6, 6.07) is 6.80. The molecule has 76 valence electrons. The van der Waals surface area contributed by atoms with Crippen LogP contribution in [0.3, 0.4) is 0 Å². The molecular weight excluding hydrogens is 308 g/mol. The third kappa shape index (κ3) is 2.61. The van der Waals surface area contributed by atoms with Crippen molar-refractivity contribution in [3.8, 4) is 0 Å². The van der Waals surface area contributed by atoms with Crippen LogP contribution in [0.1, 0.15) is 30.9 Å². The molecule has 0 unspecified atom stereocenters. The minimum Gasteiger partial charge on any atom is -0.310 e. The Kier molecular flexibility index (Phi) is 3.68. The van der Waals surface area contributed by atoms with Gasteiger partial charge in [-0.1, -0.05) is 18.0 Å². The highest BCUT2D eigenvalue weighted by atomic mass is 127. The molecule has 1 N–H and O–H groups in total. The first-order valence-electron chi connectivity index (χ1n) is 4.95. The van der Waals surface area contributed by atoms with Gasteiger partial charge in [-0.3, -0.25) is 0 Å². The molecule has 1 fully saturated rings. The maximum Gasteiger partial charge on any atom is 0.0419 e. The van der Waals surface area contributed by atoms with E-state index in [1.54, 1.807) is 0 Å². The highest BCUT2D eigenvalue weighted by molar-refractivity contribution is 14.1. The van der Waals surface area contributed by atoms with Gasteiger partial charge in [-0.15, -0.1) is 0 Å². The van der Waals surface area contributed by atoms with Gasteiger partial charge >= 0.3 is 0 Å². The topological polar surface area (TPSA) is 12.0 Å². The highest BCUT2D eigenvalue weighted by Crippen LogP contribution is 2.26. The van der Waals surface area contributed by atoms with Gasteiger partial charge in [0.25, 0.3) is 0 Å². The number of rotatable bonds is 1. The lowest BCUT2D eigenvalue weighted by atomic mass is 9.98. The van der Waals surface area contributed by atoms with Gasteiger partial charge in [-0.2, -0.15) is 0 Å². The molecule has 0 spiro atoms. The van der Waals surface area contributed by atoms with Crippen LogP contribution in [0.4, 0.5) is 0 Å². The lowest BCUT2D eigenvalue weighted by Gasteiger charge is -2.24. The van der Waals surface area contributed by atoms with E-state index < -0.39 is 0 Å². The van der Waals surface area contributed by atoms with Crippen LogP contribution in [0.25, 0.3) is 0 Å². The summed E-state index contributed by atoms with van der Waals surface area (Å²) in [6.45, 7) is 1.13. The molecule has 3 heteroatoms. The van der Waals surface area contributed by atoms with E-state index in [0.717, 1.165) is 11.6 Å². The first-order chi connectivity index (χ1) is 6.75. The van der Waals surface area contributed by atoms with E-state index in [1.165, 1.54) is 28.4 Å². The van der Waals surface area contributed by atoms with Gasteiger partial charge in [0, 0.05) is 14.6 Å². The number of nitrogens with one attached hydrogen (secondary N) is 1. The van der Waals surface area contributed by atoms with E-state index in [4.69, 9.17) is 11.6 Å². The van der Waals surface area contributed by atoms with Crippen LogP contribution in [0.5, 0.6) is 0 Å². The lowest BCUT2D eigenvalue weighted by Crippen LogP contribution is -2.26. The molecule has 1 nitrogen and oxygen atoms in total. The molecule has 2 rings (SSSR count). The predicted molar refractivity (Wildman–Crippen MR) is 68.8 cm³/mol. The van der Waals surface area contributed by atoms with E-state index in [9.17, 15) is 0 Å². The molecule has 0 bridgehead atoms. The zero-order chi connectivity index (χ0) is 9.97. The fraction of sp³-hybridized carbons (Fsp3) is 0.455. The van der Waals surface area contributed by atoms with Crippen LogP contribution >= 0.6 is 34.2 Å². The molecule has 0 radical (unpaired) electrons. The zero-order valence-electron chi connectivity index (χ0n) is 7.89. The third-order valence-electron chi connectivity index (χ3n) is 2.60. The van der Waals surface area contributed by atoms with Gasteiger partial charge < -0.3 is 5.32 Å². The Morgan fingerprint density at radius 3 is 2.79 bits per heavy atom. The second kappa shape index (κ2) is 4.81. The van der Waals surface area contributed by atoms with Crippen LogP contribution in [0.15, 0.2) is 18.2 Å². The summed E-state index contributed by atoms with van der Waals surface area (Å²) in [7, 11) is 0. The number of halogens is 2. The summed E-state index contributed by atoms with van der Waals surface area (Å²) in [5, 5.41) is 4.37. The van der Waals surface area contributed by atoms with Gasteiger partial charge in [0.15, 0.2) is 0 Å². The van der Waals surface area contributed by atoms with E-state index >= 15 is 0 Å². The maximum absolute atomic E-state index is 6.04. The monoisotopic (exact) mass is 321 g/mol. The van der Waals surface area contributed by atoms with Gasteiger partial charge in [-0.25, -0.2) is 0 Å². The van der Waals surface area contributed by atoms with Crippen LogP contribution < -0.4 is 5.32 Å². The second-order valence-electron chi connectivity index (χ2n) is 3.71. The van der Waals surface area contributed by atoms with Gasteiger partial charge in [-0.05, 0) is 65.7 Å². The number of hydrogen-bond acceptors (Lipinski definition) is 1. The van der Waals surface area contributed by atoms with E-state index in [1.807, 2.05) is 6.07 Å². The Morgan fingerprint density at radius 1 is 1.29 bits per heavy atom. The minimum absolute atomic E-state index is 0.510. The Bertz CT molecular complexity index is 301. The molecule has 1 atom stereocenters. The summed E-state index contributed by atoms with van der Waals surface area (Å²) >= 11 is 8.35. The Hall–Kier alpha value is 0.200. The van der Waals surface area contributed by atoms with Gasteiger partial charge in [0.2, 0.25) is 0 Å². The lowest BCUT2D eigenvalue weighted by molar-refractivity contribution is 0.412. The zero-order valence-corrected chi connectivity index (χ0v) is 10.8. The van der Waals surface area contributed by atoms with Crippen molar-refractivity contribution in [3.63, 3.8) is 0 Å². The number of hydrogen-bond donors (Lipinski definition) is 1. The molecule has 0 amide bonds. The van der Waals surface area contributed by atoms with Crippen molar-refractivity contribution in [2.75, 3.05) is 6.54 Å². The highest BCUT2D eigenvalue weighted by Gasteiger charge is 2.15.